The molecule has 0 rings (SSSR count). The molecule has 0 saturated carbocycles. The lowest BCUT2D eigenvalue weighted by molar-refractivity contribution is -0.146. The Balaban J connectivity index is 4.42. The first kappa shape index (κ1) is 14.9. The first-order chi connectivity index (χ1) is 7.40. The van der Waals surface area contributed by atoms with E-state index in [0.29, 0.717) is 6.42 Å². The molecule has 0 bridgehead atoms. The van der Waals surface area contributed by atoms with Gasteiger partial charge in [-0.15, -0.1) is 0 Å². The van der Waals surface area contributed by atoms with Crippen molar-refractivity contribution in [1.82, 2.24) is 4.90 Å². The molecule has 1 atom stereocenters. The van der Waals surface area contributed by atoms with Crippen LogP contribution in [0, 0.1) is 0 Å². The zero-order chi connectivity index (χ0) is 12.7. The number of hydrogen-bond acceptors (Lipinski definition) is 3. The second-order valence-corrected chi connectivity index (χ2v) is 4.20. The fraction of sp³-hybridized carbons (Fsp3) is 0.818. The Morgan fingerprint density at radius 3 is 2.31 bits per heavy atom. The molecule has 1 amide bonds. The van der Waals surface area contributed by atoms with Gasteiger partial charge in [0, 0.05) is 6.04 Å². The van der Waals surface area contributed by atoms with Crippen LogP contribution in [0.2, 0.25) is 0 Å². The lowest BCUT2D eigenvalue weighted by Crippen LogP contribution is -2.48. The average Bonchev–Trinajstić information content (AvgIpc) is 2.20. The van der Waals surface area contributed by atoms with Crippen molar-refractivity contribution in [2.24, 2.45) is 5.73 Å². The summed E-state index contributed by atoms with van der Waals surface area (Å²) in [5.74, 6) is -1.28. The van der Waals surface area contributed by atoms with E-state index in [-0.39, 0.29) is 18.5 Å². The summed E-state index contributed by atoms with van der Waals surface area (Å²) < 4.78 is 0. The van der Waals surface area contributed by atoms with Crippen LogP contribution in [0.3, 0.4) is 0 Å². The molecule has 0 aromatic rings. The average molecular weight is 230 g/mol. The zero-order valence-corrected chi connectivity index (χ0v) is 10.3. The molecule has 0 spiro atoms. The zero-order valence-electron chi connectivity index (χ0n) is 10.3. The van der Waals surface area contributed by atoms with Crippen LogP contribution in [0.15, 0.2) is 0 Å². The van der Waals surface area contributed by atoms with Crippen LogP contribution in [0.1, 0.15) is 40.0 Å². The van der Waals surface area contributed by atoms with E-state index >= 15 is 0 Å². The topological polar surface area (TPSA) is 83.6 Å². The molecule has 94 valence electrons. The molecular weight excluding hydrogens is 208 g/mol. The molecule has 0 unspecified atom stereocenters. The van der Waals surface area contributed by atoms with Crippen LogP contribution in [0.5, 0.6) is 0 Å². The number of unbranched alkanes of at least 4 members (excludes halogenated alkanes) is 1. The maximum atomic E-state index is 11.9. The predicted molar refractivity (Wildman–Crippen MR) is 62.0 cm³/mol. The molecule has 3 N–H and O–H groups in total. The number of carbonyl (C=O) groups is 2. The number of amides is 1. The largest absolute Gasteiger partial charge is 0.480 e. The summed E-state index contributed by atoms with van der Waals surface area (Å²) in [5, 5.41) is 8.70. The predicted octanol–water partition coefficient (Wildman–Crippen LogP) is 0.826. The minimum absolute atomic E-state index is 0.142. The fourth-order valence-electron chi connectivity index (χ4n) is 1.42. The quantitative estimate of drug-likeness (QED) is 0.678. The van der Waals surface area contributed by atoms with Gasteiger partial charge in [0.1, 0.15) is 6.54 Å². The summed E-state index contributed by atoms with van der Waals surface area (Å²) in [5.41, 5.74) is 5.73. The van der Waals surface area contributed by atoms with Gasteiger partial charge in [0.25, 0.3) is 0 Å². The minimum atomic E-state index is -1.01. The van der Waals surface area contributed by atoms with Gasteiger partial charge in [-0.25, -0.2) is 0 Å². The summed E-state index contributed by atoms with van der Waals surface area (Å²) in [6.07, 6.45) is 2.46. The van der Waals surface area contributed by atoms with Gasteiger partial charge in [0.15, 0.2) is 0 Å². The van der Waals surface area contributed by atoms with Crippen LogP contribution >= 0.6 is 0 Å². The van der Waals surface area contributed by atoms with Gasteiger partial charge in [0.2, 0.25) is 5.91 Å². The van der Waals surface area contributed by atoms with Crippen molar-refractivity contribution in [3.05, 3.63) is 0 Å². The number of nitrogens with zero attached hydrogens (tertiary/aromatic N) is 1. The highest BCUT2D eigenvalue weighted by Crippen LogP contribution is 2.06. The highest BCUT2D eigenvalue weighted by atomic mass is 16.4. The van der Waals surface area contributed by atoms with Crippen molar-refractivity contribution in [3.8, 4) is 0 Å². The van der Waals surface area contributed by atoms with E-state index in [1.165, 1.54) is 4.90 Å². The molecule has 5 heteroatoms. The number of carboxylic acid groups (broad SMARTS) is 1. The molecule has 5 nitrogen and oxygen atoms in total. The third-order valence-electron chi connectivity index (χ3n) is 2.40. The molecule has 0 aliphatic heterocycles. The Hall–Kier alpha value is -1.10. The highest BCUT2D eigenvalue weighted by Gasteiger charge is 2.24. The van der Waals surface area contributed by atoms with Crippen molar-refractivity contribution in [3.63, 3.8) is 0 Å². The lowest BCUT2D eigenvalue weighted by atomic mass is 10.1. The summed E-state index contributed by atoms with van der Waals surface area (Å²) in [7, 11) is 0. The number of carboxylic acids is 1. The van der Waals surface area contributed by atoms with Crippen molar-refractivity contribution >= 4 is 11.9 Å². The Bertz CT molecular complexity index is 241. The molecule has 0 heterocycles. The van der Waals surface area contributed by atoms with E-state index in [1.54, 1.807) is 13.8 Å². The van der Waals surface area contributed by atoms with E-state index < -0.39 is 12.0 Å². The molecule has 0 radical (unpaired) electrons. The summed E-state index contributed by atoms with van der Waals surface area (Å²) in [6, 6.07) is -0.724. The van der Waals surface area contributed by atoms with Gasteiger partial charge in [-0.2, -0.15) is 0 Å². The van der Waals surface area contributed by atoms with Crippen molar-refractivity contribution in [2.75, 3.05) is 6.54 Å². The molecule has 0 saturated heterocycles. The smallest absolute Gasteiger partial charge is 0.323 e. The van der Waals surface area contributed by atoms with Crippen LogP contribution in [0.4, 0.5) is 0 Å². The Morgan fingerprint density at radius 2 is 1.94 bits per heavy atom. The number of carbonyl (C=O) groups excluding carboxylic acids is 1. The molecule has 0 aliphatic rings. The lowest BCUT2D eigenvalue weighted by Gasteiger charge is -2.27. The first-order valence-corrected chi connectivity index (χ1v) is 5.68. The first-order valence-electron chi connectivity index (χ1n) is 5.68. The van der Waals surface area contributed by atoms with Crippen molar-refractivity contribution in [1.29, 1.82) is 0 Å². The van der Waals surface area contributed by atoms with E-state index in [9.17, 15) is 9.59 Å². The molecule has 0 aliphatic carbocycles. The summed E-state index contributed by atoms with van der Waals surface area (Å²) in [6.45, 7) is 5.31. The molecule has 0 fully saturated rings. The third-order valence-corrected chi connectivity index (χ3v) is 2.40. The Labute approximate surface area is 96.6 Å². The molecular formula is C11H22N2O3. The van der Waals surface area contributed by atoms with Crippen LogP contribution < -0.4 is 5.73 Å². The van der Waals surface area contributed by atoms with E-state index in [2.05, 4.69) is 0 Å². The Morgan fingerprint density at radius 1 is 1.38 bits per heavy atom. The number of nitrogens with two attached hydrogens (primary N) is 1. The van der Waals surface area contributed by atoms with Crippen molar-refractivity contribution in [2.45, 2.75) is 52.1 Å². The second-order valence-electron chi connectivity index (χ2n) is 4.20. The van der Waals surface area contributed by atoms with Gasteiger partial charge in [-0.3, -0.25) is 9.59 Å². The van der Waals surface area contributed by atoms with Crippen LogP contribution in [-0.4, -0.2) is 40.5 Å². The normalized spacial score (nSPS) is 12.6. The van der Waals surface area contributed by atoms with E-state index in [1.807, 2.05) is 6.92 Å². The summed E-state index contributed by atoms with van der Waals surface area (Å²) >= 11 is 0. The van der Waals surface area contributed by atoms with Crippen LogP contribution in [-0.2, 0) is 9.59 Å². The van der Waals surface area contributed by atoms with Gasteiger partial charge in [0.05, 0.1) is 6.04 Å². The summed E-state index contributed by atoms with van der Waals surface area (Å²) in [4.78, 5) is 23.8. The van der Waals surface area contributed by atoms with Gasteiger partial charge >= 0.3 is 5.97 Å². The second kappa shape index (κ2) is 7.22. The highest BCUT2D eigenvalue weighted by molar-refractivity contribution is 5.85. The monoisotopic (exact) mass is 230 g/mol. The van der Waals surface area contributed by atoms with E-state index in [4.69, 9.17) is 10.8 Å². The number of aliphatic carboxylic acids is 1. The van der Waals surface area contributed by atoms with Crippen LogP contribution in [0.25, 0.3) is 0 Å². The van der Waals surface area contributed by atoms with Gasteiger partial charge in [-0.1, -0.05) is 19.8 Å². The fourth-order valence-corrected chi connectivity index (χ4v) is 1.42. The van der Waals surface area contributed by atoms with Gasteiger partial charge < -0.3 is 15.7 Å². The van der Waals surface area contributed by atoms with E-state index in [0.717, 1.165) is 12.8 Å². The minimum Gasteiger partial charge on any atom is -0.480 e. The van der Waals surface area contributed by atoms with Gasteiger partial charge in [-0.05, 0) is 20.3 Å². The number of rotatable bonds is 7. The molecule has 0 aromatic heterocycles. The molecule has 16 heavy (non-hydrogen) atoms. The maximum absolute atomic E-state index is 11.9. The number of hydrogen-bond donors (Lipinski definition) is 2. The maximum Gasteiger partial charge on any atom is 0.323 e. The van der Waals surface area contributed by atoms with Crippen molar-refractivity contribution < 1.29 is 14.7 Å². The Kier molecular flexibility index (Phi) is 6.72. The molecule has 0 aromatic carbocycles. The standard InChI is InChI=1S/C11H22N2O3/c1-4-5-6-9(12)11(16)13(8(2)3)7-10(14)15/h8-9H,4-7,12H2,1-3H3,(H,14,15)/t9-/m0/s1. The SMILES string of the molecule is CCCC[C@H](N)C(=O)N(CC(=O)O)C(C)C. The third kappa shape index (κ3) is 5.11.